The fourth-order valence-corrected chi connectivity index (χ4v) is 2.59. The van der Waals surface area contributed by atoms with E-state index in [0.717, 1.165) is 11.4 Å². The standard InChI is InChI=1S/C21H18ClN3O2/c22-18-8-4-5-9-19(18)25-20(26)14-23-16-12-10-15(11-13-16)21(27)24-17-6-2-1-3-7-17/h1-13,23H,14H2,(H,24,27)(H,25,26). The lowest BCUT2D eigenvalue weighted by atomic mass is 10.2. The van der Waals surface area contributed by atoms with Gasteiger partial charge in [0, 0.05) is 16.9 Å². The first-order valence-electron chi connectivity index (χ1n) is 8.36. The van der Waals surface area contributed by atoms with Crippen LogP contribution in [0.1, 0.15) is 10.4 Å². The van der Waals surface area contributed by atoms with Crippen LogP contribution in [0.15, 0.2) is 78.9 Å². The van der Waals surface area contributed by atoms with Gasteiger partial charge in [-0.1, -0.05) is 41.9 Å². The molecular weight excluding hydrogens is 362 g/mol. The van der Waals surface area contributed by atoms with Gasteiger partial charge in [0.1, 0.15) is 0 Å². The Morgan fingerprint density at radius 1 is 0.741 bits per heavy atom. The number of benzene rings is 3. The number of nitrogens with one attached hydrogen (secondary N) is 3. The van der Waals surface area contributed by atoms with Crippen molar-refractivity contribution < 1.29 is 9.59 Å². The minimum Gasteiger partial charge on any atom is -0.376 e. The number of rotatable bonds is 6. The van der Waals surface area contributed by atoms with Gasteiger partial charge in [-0.2, -0.15) is 0 Å². The molecule has 0 aromatic heterocycles. The van der Waals surface area contributed by atoms with Gasteiger partial charge in [-0.3, -0.25) is 9.59 Å². The zero-order chi connectivity index (χ0) is 19.1. The Bertz CT molecular complexity index is 928. The summed E-state index contributed by atoms with van der Waals surface area (Å²) in [6.07, 6.45) is 0. The molecule has 0 aliphatic carbocycles. The van der Waals surface area contributed by atoms with E-state index in [1.807, 2.05) is 30.3 Å². The summed E-state index contributed by atoms with van der Waals surface area (Å²) in [6.45, 7) is 0.0841. The first-order valence-corrected chi connectivity index (χ1v) is 8.74. The summed E-state index contributed by atoms with van der Waals surface area (Å²) in [6, 6.07) is 23.2. The molecule has 0 saturated heterocycles. The number of halogens is 1. The van der Waals surface area contributed by atoms with Crippen molar-refractivity contribution in [2.24, 2.45) is 0 Å². The maximum absolute atomic E-state index is 12.2. The highest BCUT2D eigenvalue weighted by Gasteiger charge is 2.07. The smallest absolute Gasteiger partial charge is 0.255 e. The third-order valence-corrected chi connectivity index (χ3v) is 4.11. The first kappa shape index (κ1) is 18.5. The molecule has 3 N–H and O–H groups in total. The molecule has 0 bridgehead atoms. The summed E-state index contributed by atoms with van der Waals surface area (Å²) < 4.78 is 0. The van der Waals surface area contributed by atoms with Crippen LogP contribution in [0, 0.1) is 0 Å². The second-order valence-corrected chi connectivity index (χ2v) is 6.19. The van der Waals surface area contributed by atoms with E-state index < -0.39 is 0 Å². The lowest BCUT2D eigenvalue weighted by Gasteiger charge is -2.10. The normalized spacial score (nSPS) is 10.1. The van der Waals surface area contributed by atoms with Crippen LogP contribution in [0.2, 0.25) is 5.02 Å². The van der Waals surface area contributed by atoms with E-state index in [4.69, 9.17) is 11.6 Å². The van der Waals surface area contributed by atoms with Crippen LogP contribution in [0.25, 0.3) is 0 Å². The molecule has 0 radical (unpaired) electrons. The highest BCUT2D eigenvalue weighted by Crippen LogP contribution is 2.20. The van der Waals surface area contributed by atoms with E-state index in [0.29, 0.717) is 16.3 Å². The molecule has 2 amide bonds. The molecule has 6 heteroatoms. The Kier molecular flexibility index (Phi) is 6.07. The number of amides is 2. The zero-order valence-electron chi connectivity index (χ0n) is 14.4. The number of anilines is 3. The minimum absolute atomic E-state index is 0.0841. The lowest BCUT2D eigenvalue weighted by Crippen LogP contribution is -2.22. The van der Waals surface area contributed by atoms with Crippen molar-refractivity contribution in [2.45, 2.75) is 0 Å². The van der Waals surface area contributed by atoms with Crippen LogP contribution in [-0.4, -0.2) is 18.4 Å². The molecule has 0 aliphatic rings. The number of hydrogen-bond donors (Lipinski definition) is 3. The Hall–Kier alpha value is -3.31. The Morgan fingerprint density at radius 2 is 1.41 bits per heavy atom. The van der Waals surface area contributed by atoms with E-state index >= 15 is 0 Å². The van der Waals surface area contributed by atoms with Gasteiger partial charge < -0.3 is 16.0 Å². The maximum Gasteiger partial charge on any atom is 0.255 e. The lowest BCUT2D eigenvalue weighted by molar-refractivity contribution is -0.114. The molecule has 5 nitrogen and oxygen atoms in total. The SMILES string of the molecule is O=C(CNc1ccc(C(=O)Nc2ccccc2)cc1)Nc1ccccc1Cl. The Balaban J connectivity index is 1.52. The highest BCUT2D eigenvalue weighted by atomic mass is 35.5. The minimum atomic E-state index is -0.214. The van der Waals surface area contributed by atoms with E-state index in [-0.39, 0.29) is 18.4 Å². The van der Waals surface area contributed by atoms with E-state index in [1.54, 1.807) is 48.5 Å². The molecule has 3 rings (SSSR count). The van der Waals surface area contributed by atoms with Crippen molar-refractivity contribution in [3.63, 3.8) is 0 Å². The van der Waals surface area contributed by atoms with E-state index in [9.17, 15) is 9.59 Å². The number of hydrogen-bond acceptors (Lipinski definition) is 3. The largest absolute Gasteiger partial charge is 0.376 e. The molecule has 3 aromatic rings. The third kappa shape index (κ3) is 5.33. The Labute approximate surface area is 162 Å². The van der Waals surface area contributed by atoms with Crippen molar-refractivity contribution in [1.82, 2.24) is 0 Å². The Morgan fingerprint density at radius 3 is 2.11 bits per heavy atom. The topological polar surface area (TPSA) is 70.2 Å². The van der Waals surface area contributed by atoms with Gasteiger partial charge in [0.05, 0.1) is 17.3 Å². The molecule has 27 heavy (non-hydrogen) atoms. The van der Waals surface area contributed by atoms with Crippen molar-refractivity contribution >= 4 is 40.5 Å². The predicted octanol–water partition coefficient (Wildman–Crippen LogP) is 4.64. The molecule has 0 spiro atoms. The molecule has 0 heterocycles. The third-order valence-electron chi connectivity index (χ3n) is 3.78. The van der Waals surface area contributed by atoms with Gasteiger partial charge in [-0.15, -0.1) is 0 Å². The average Bonchev–Trinajstić information content (AvgIpc) is 2.69. The number of carbonyl (C=O) groups excluding carboxylic acids is 2. The predicted molar refractivity (Wildman–Crippen MR) is 109 cm³/mol. The van der Waals surface area contributed by atoms with Crippen LogP contribution in [0.4, 0.5) is 17.1 Å². The van der Waals surface area contributed by atoms with Crippen LogP contribution in [-0.2, 0) is 4.79 Å². The van der Waals surface area contributed by atoms with Gasteiger partial charge in [-0.05, 0) is 48.5 Å². The molecule has 0 saturated carbocycles. The van der Waals surface area contributed by atoms with Crippen molar-refractivity contribution in [2.75, 3.05) is 22.5 Å². The highest BCUT2D eigenvalue weighted by molar-refractivity contribution is 6.33. The molecular formula is C21H18ClN3O2. The zero-order valence-corrected chi connectivity index (χ0v) is 15.2. The van der Waals surface area contributed by atoms with Crippen LogP contribution in [0.3, 0.4) is 0 Å². The van der Waals surface area contributed by atoms with Crippen LogP contribution >= 0.6 is 11.6 Å². The van der Waals surface area contributed by atoms with Gasteiger partial charge >= 0.3 is 0 Å². The van der Waals surface area contributed by atoms with Crippen LogP contribution < -0.4 is 16.0 Å². The summed E-state index contributed by atoms with van der Waals surface area (Å²) >= 11 is 6.02. The van der Waals surface area contributed by atoms with Gasteiger partial charge in [0.2, 0.25) is 5.91 Å². The average molecular weight is 380 g/mol. The summed E-state index contributed by atoms with van der Waals surface area (Å²) in [5.41, 5.74) is 2.57. The summed E-state index contributed by atoms with van der Waals surface area (Å²) in [4.78, 5) is 24.2. The van der Waals surface area contributed by atoms with Crippen molar-refractivity contribution in [3.8, 4) is 0 Å². The molecule has 3 aromatic carbocycles. The second kappa shape index (κ2) is 8.87. The van der Waals surface area contributed by atoms with Gasteiger partial charge in [-0.25, -0.2) is 0 Å². The monoisotopic (exact) mass is 379 g/mol. The summed E-state index contributed by atoms with van der Waals surface area (Å²) in [5.74, 6) is -0.404. The first-order chi connectivity index (χ1) is 13.1. The number of carbonyl (C=O) groups is 2. The molecule has 136 valence electrons. The van der Waals surface area contributed by atoms with Crippen molar-refractivity contribution in [1.29, 1.82) is 0 Å². The van der Waals surface area contributed by atoms with Gasteiger partial charge in [0.25, 0.3) is 5.91 Å². The fraction of sp³-hybridized carbons (Fsp3) is 0.0476. The molecule has 0 fully saturated rings. The molecule has 0 atom stereocenters. The van der Waals surface area contributed by atoms with E-state index in [1.165, 1.54) is 0 Å². The second-order valence-electron chi connectivity index (χ2n) is 5.78. The molecule has 0 unspecified atom stereocenters. The summed E-state index contributed by atoms with van der Waals surface area (Å²) in [5, 5.41) is 9.06. The van der Waals surface area contributed by atoms with E-state index in [2.05, 4.69) is 16.0 Å². The van der Waals surface area contributed by atoms with Gasteiger partial charge in [0.15, 0.2) is 0 Å². The summed E-state index contributed by atoms with van der Waals surface area (Å²) in [7, 11) is 0. The maximum atomic E-state index is 12.2. The van der Waals surface area contributed by atoms with Crippen LogP contribution in [0.5, 0.6) is 0 Å². The van der Waals surface area contributed by atoms with Crippen molar-refractivity contribution in [3.05, 3.63) is 89.4 Å². The quantitative estimate of drug-likeness (QED) is 0.584. The molecule has 0 aliphatic heterocycles. The fourth-order valence-electron chi connectivity index (χ4n) is 2.40. The number of para-hydroxylation sites is 2.